The zero-order valence-electron chi connectivity index (χ0n) is 24.0. The molecular weight excluding hydrogens is 516 g/mol. The lowest BCUT2D eigenvalue weighted by atomic mass is 9.96. The number of nitrogens with one attached hydrogen (secondary N) is 1. The number of amides is 2. The van der Waals surface area contributed by atoms with Gasteiger partial charge in [0.15, 0.2) is 0 Å². The van der Waals surface area contributed by atoms with Crippen molar-refractivity contribution in [3.63, 3.8) is 0 Å². The minimum absolute atomic E-state index is 0.0261. The van der Waals surface area contributed by atoms with Gasteiger partial charge in [0.1, 0.15) is 5.76 Å². The molecule has 1 fully saturated rings. The van der Waals surface area contributed by atoms with Crippen molar-refractivity contribution in [3.05, 3.63) is 88.8 Å². The van der Waals surface area contributed by atoms with E-state index in [2.05, 4.69) is 33.2 Å². The Labute approximate surface area is 238 Å². The summed E-state index contributed by atoms with van der Waals surface area (Å²) < 4.78 is 13.6. The van der Waals surface area contributed by atoms with Gasteiger partial charge in [-0.25, -0.2) is 0 Å². The summed E-state index contributed by atoms with van der Waals surface area (Å²) >= 11 is 0. The number of carbonyl (C=O) groups excluding carboxylic acids is 2. The summed E-state index contributed by atoms with van der Waals surface area (Å²) in [6.07, 6.45) is -0.0522. The molecule has 0 saturated carbocycles. The minimum Gasteiger partial charge on any atom is -0.372 e. The topological polar surface area (TPSA) is 89.6 Å². The van der Waals surface area contributed by atoms with E-state index in [-0.39, 0.29) is 24.0 Å². The maximum Gasteiger partial charge on any atom is 0.254 e. The molecule has 3 heterocycles. The second kappa shape index (κ2) is 10.5. The Bertz CT molecular complexity index is 1760. The fourth-order valence-electron chi connectivity index (χ4n) is 6.17. The third-order valence-corrected chi connectivity index (χ3v) is 7.90. The van der Waals surface area contributed by atoms with Crippen LogP contribution < -0.4 is 5.32 Å². The second-order valence-corrected chi connectivity index (χ2v) is 11.0. The molecule has 210 valence electrons. The van der Waals surface area contributed by atoms with E-state index in [1.54, 1.807) is 7.05 Å². The first-order valence-electron chi connectivity index (χ1n) is 14.0. The molecule has 0 aliphatic carbocycles. The van der Waals surface area contributed by atoms with Gasteiger partial charge in [0.2, 0.25) is 0 Å². The fourth-order valence-corrected chi connectivity index (χ4v) is 6.17. The van der Waals surface area contributed by atoms with Crippen molar-refractivity contribution in [2.45, 2.75) is 46.4 Å². The van der Waals surface area contributed by atoms with E-state index in [0.29, 0.717) is 36.5 Å². The largest absolute Gasteiger partial charge is 0.372 e. The first-order chi connectivity index (χ1) is 19.7. The molecule has 8 heteroatoms. The van der Waals surface area contributed by atoms with Gasteiger partial charge in [0, 0.05) is 59.7 Å². The standard InChI is InChI=1S/C33H34N4O4/c1-19-16-36(17-20(2)40-19)33(39)24-11-12-28-26(13-24)31-27(32(38)34-5)14-25(30-21(3)35-41-22(30)4)15-29(31)37(28)18-23-9-7-6-8-10-23/h6-15,19-20H,16-18H2,1-5H3,(H,34,38)/t19-,20+. The van der Waals surface area contributed by atoms with Gasteiger partial charge in [-0.2, -0.15) is 0 Å². The number of aryl methyl sites for hydroxylation is 2. The summed E-state index contributed by atoms with van der Waals surface area (Å²) in [4.78, 5) is 29.0. The van der Waals surface area contributed by atoms with Crippen LogP contribution in [-0.2, 0) is 11.3 Å². The number of nitrogens with zero attached hydrogens (tertiary/aromatic N) is 3. The zero-order chi connectivity index (χ0) is 28.8. The Hall–Kier alpha value is -4.43. The molecule has 6 rings (SSSR count). The van der Waals surface area contributed by atoms with Gasteiger partial charge < -0.3 is 24.0 Å². The van der Waals surface area contributed by atoms with Crippen LogP contribution in [0.2, 0.25) is 0 Å². The van der Waals surface area contributed by atoms with E-state index in [4.69, 9.17) is 9.26 Å². The van der Waals surface area contributed by atoms with Crippen molar-refractivity contribution in [3.8, 4) is 11.1 Å². The molecule has 0 unspecified atom stereocenters. The second-order valence-electron chi connectivity index (χ2n) is 11.0. The molecule has 5 aromatic rings. The van der Waals surface area contributed by atoms with Gasteiger partial charge in [-0.3, -0.25) is 9.59 Å². The number of morpholine rings is 1. The van der Waals surface area contributed by atoms with Crippen LogP contribution in [0.3, 0.4) is 0 Å². The quantitative estimate of drug-likeness (QED) is 0.302. The van der Waals surface area contributed by atoms with Crippen LogP contribution in [0.25, 0.3) is 32.9 Å². The van der Waals surface area contributed by atoms with Crippen LogP contribution in [0, 0.1) is 13.8 Å². The van der Waals surface area contributed by atoms with Crippen molar-refractivity contribution in [1.82, 2.24) is 19.9 Å². The molecular formula is C33H34N4O4. The van der Waals surface area contributed by atoms with Crippen molar-refractivity contribution in [2.24, 2.45) is 0 Å². The Balaban J connectivity index is 1.61. The average molecular weight is 551 g/mol. The number of fused-ring (bicyclic) bond motifs is 3. The Morgan fingerprint density at radius 3 is 2.37 bits per heavy atom. The zero-order valence-corrected chi connectivity index (χ0v) is 24.0. The van der Waals surface area contributed by atoms with Crippen molar-refractivity contribution >= 4 is 33.6 Å². The molecule has 8 nitrogen and oxygen atoms in total. The normalized spacial score (nSPS) is 17.3. The first-order valence-corrected chi connectivity index (χ1v) is 14.0. The Morgan fingerprint density at radius 2 is 1.71 bits per heavy atom. The average Bonchev–Trinajstić information content (AvgIpc) is 3.46. The number of benzene rings is 3. The van der Waals surface area contributed by atoms with Crippen LogP contribution in [0.5, 0.6) is 0 Å². The molecule has 0 radical (unpaired) electrons. The summed E-state index contributed by atoms with van der Waals surface area (Å²) in [5.41, 5.74) is 6.61. The van der Waals surface area contributed by atoms with E-state index in [1.165, 1.54) is 0 Å². The van der Waals surface area contributed by atoms with Crippen LogP contribution in [0.15, 0.2) is 65.2 Å². The highest BCUT2D eigenvalue weighted by molar-refractivity contribution is 6.20. The number of ether oxygens (including phenoxy) is 1. The third-order valence-electron chi connectivity index (χ3n) is 7.90. The van der Waals surface area contributed by atoms with Gasteiger partial charge in [0.05, 0.1) is 23.4 Å². The lowest BCUT2D eigenvalue weighted by Crippen LogP contribution is -2.48. The van der Waals surface area contributed by atoms with Crippen molar-refractivity contribution in [1.29, 1.82) is 0 Å². The summed E-state index contributed by atoms with van der Waals surface area (Å²) in [7, 11) is 1.63. The van der Waals surface area contributed by atoms with Crippen LogP contribution >= 0.6 is 0 Å². The van der Waals surface area contributed by atoms with Gasteiger partial charge in [-0.15, -0.1) is 0 Å². The van der Waals surface area contributed by atoms with E-state index in [1.807, 2.05) is 75.1 Å². The molecule has 1 aliphatic heterocycles. The molecule has 0 spiro atoms. The predicted octanol–water partition coefficient (Wildman–Crippen LogP) is 5.72. The van der Waals surface area contributed by atoms with Gasteiger partial charge in [-0.05, 0) is 69.2 Å². The summed E-state index contributed by atoms with van der Waals surface area (Å²) in [5, 5.41) is 8.64. The SMILES string of the molecule is CNC(=O)c1cc(-c2c(C)noc2C)cc2c1c1cc(C(=O)N3C[C@@H](C)O[C@@H](C)C3)ccc1n2Cc1ccccc1. The molecule has 2 amide bonds. The molecule has 1 N–H and O–H groups in total. The third kappa shape index (κ3) is 4.78. The number of aromatic nitrogens is 2. The first kappa shape index (κ1) is 26.8. The summed E-state index contributed by atoms with van der Waals surface area (Å²) in [6, 6.07) is 20.1. The van der Waals surface area contributed by atoms with E-state index in [9.17, 15) is 9.59 Å². The van der Waals surface area contributed by atoms with Crippen molar-refractivity contribution in [2.75, 3.05) is 20.1 Å². The van der Waals surface area contributed by atoms with E-state index >= 15 is 0 Å². The molecule has 41 heavy (non-hydrogen) atoms. The highest BCUT2D eigenvalue weighted by atomic mass is 16.5. The molecule has 2 atom stereocenters. The Kier molecular flexibility index (Phi) is 6.87. The Morgan fingerprint density at radius 1 is 0.976 bits per heavy atom. The van der Waals surface area contributed by atoms with Crippen LogP contribution in [-0.4, -0.2) is 58.8 Å². The summed E-state index contributed by atoms with van der Waals surface area (Å²) in [6.45, 7) is 9.45. The lowest BCUT2D eigenvalue weighted by Gasteiger charge is -2.35. The van der Waals surface area contributed by atoms with Gasteiger partial charge in [-0.1, -0.05) is 35.5 Å². The predicted molar refractivity (Wildman–Crippen MR) is 159 cm³/mol. The molecule has 0 bridgehead atoms. The van der Waals surface area contributed by atoms with Crippen molar-refractivity contribution < 1.29 is 18.8 Å². The van der Waals surface area contributed by atoms with Gasteiger partial charge >= 0.3 is 0 Å². The number of hydrogen-bond acceptors (Lipinski definition) is 5. The fraction of sp³-hybridized carbons (Fsp3) is 0.303. The van der Waals surface area contributed by atoms with E-state index < -0.39 is 0 Å². The molecule has 2 aromatic heterocycles. The smallest absolute Gasteiger partial charge is 0.254 e. The summed E-state index contributed by atoms with van der Waals surface area (Å²) in [5.74, 6) is 0.457. The molecule has 3 aromatic carbocycles. The molecule has 1 aliphatic rings. The van der Waals surface area contributed by atoms with Crippen LogP contribution in [0.1, 0.15) is 51.6 Å². The number of rotatable bonds is 5. The van der Waals surface area contributed by atoms with Gasteiger partial charge in [0.25, 0.3) is 11.8 Å². The maximum absolute atomic E-state index is 13.7. The van der Waals surface area contributed by atoms with E-state index in [0.717, 1.165) is 44.2 Å². The number of hydrogen-bond donors (Lipinski definition) is 1. The molecule has 1 saturated heterocycles. The highest BCUT2D eigenvalue weighted by Crippen LogP contribution is 2.38. The number of carbonyl (C=O) groups is 2. The minimum atomic E-state index is -0.199. The highest BCUT2D eigenvalue weighted by Gasteiger charge is 2.28. The van der Waals surface area contributed by atoms with Crippen LogP contribution in [0.4, 0.5) is 0 Å². The lowest BCUT2D eigenvalue weighted by molar-refractivity contribution is -0.0586. The monoisotopic (exact) mass is 550 g/mol. The maximum atomic E-state index is 13.7.